The van der Waals surface area contributed by atoms with Crippen molar-refractivity contribution in [3.8, 4) is 0 Å². The number of ether oxygens (including phenoxy) is 1. The molecule has 1 aliphatic carbocycles. The molecule has 27 heavy (non-hydrogen) atoms. The van der Waals surface area contributed by atoms with Crippen molar-refractivity contribution in [2.75, 3.05) is 52.5 Å². The van der Waals surface area contributed by atoms with E-state index in [2.05, 4.69) is 64.6 Å². The summed E-state index contributed by atoms with van der Waals surface area (Å²) in [5, 5.41) is 0. The van der Waals surface area contributed by atoms with Crippen molar-refractivity contribution in [2.45, 2.75) is 33.2 Å². The lowest BCUT2D eigenvalue weighted by molar-refractivity contribution is -0.541. The second kappa shape index (κ2) is 8.15. The summed E-state index contributed by atoms with van der Waals surface area (Å²) in [6.45, 7) is 14.3. The van der Waals surface area contributed by atoms with Gasteiger partial charge in [-0.05, 0) is 17.4 Å². The van der Waals surface area contributed by atoms with Gasteiger partial charge in [0, 0.05) is 37.8 Å². The van der Waals surface area contributed by atoms with Crippen LogP contribution in [0.5, 0.6) is 0 Å². The zero-order valence-electron chi connectivity index (χ0n) is 17.0. The van der Waals surface area contributed by atoms with Crippen LogP contribution in [0, 0.1) is 5.41 Å². The Balaban J connectivity index is 1.45. The molecule has 0 atom stereocenters. The Hall–Kier alpha value is -1.65. The molecule has 0 saturated carbocycles. The summed E-state index contributed by atoms with van der Waals surface area (Å²) in [6, 6.07) is 10.9. The molecule has 146 valence electrons. The van der Waals surface area contributed by atoms with E-state index in [4.69, 9.17) is 4.74 Å². The molecule has 0 N–H and O–H groups in total. The van der Waals surface area contributed by atoms with Gasteiger partial charge >= 0.3 is 0 Å². The first-order valence-corrected chi connectivity index (χ1v) is 10.5. The third-order valence-electron chi connectivity index (χ3n) is 6.10. The average molecular weight is 369 g/mol. The molecule has 3 aliphatic rings. The highest BCUT2D eigenvalue weighted by atomic mass is 16.5. The predicted molar refractivity (Wildman–Crippen MR) is 110 cm³/mol. The van der Waals surface area contributed by atoms with E-state index in [1.54, 1.807) is 5.71 Å². The van der Waals surface area contributed by atoms with E-state index in [-0.39, 0.29) is 0 Å². The van der Waals surface area contributed by atoms with Gasteiger partial charge in [0.25, 0.3) is 0 Å². The Morgan fingerprint density at radius 2 is 1.67 bits per heavy atom. The van der Waals surface area contributed by atoms with Crippen molar-refractivity contribution >= 4 is 5.71 Å². The van der Waals surface area contributed by atoms with Crippen LogP contribution in [0.1, 0.15) is 32.3 Å². The quantitative estimate of drug-likeness (QED) is 0.765. The second-order valence-corrected chi connectivity index (χ2v) is 8.99. The van der Waals surface area contributed by atoms with Crippen LogP contribution in [-0.2, 0) is 11.3 Å². The molecule has 4 rings (SSSR count). The van der Waals surface area contributed by atoms with Gasteiger partial charge < -0.3 is 9.64 Å². The number of allylic oxidation sites excluding steroid dienone is 2. The first kappa shape index (κ1) is 18.7. The van der Waals surface area contributed by atoms with Crippen LogP contribution in [0.4, 0.5) is 0 Å². The summed E-state index contributed by atoms with van der Waals surface area (Å²) < 4.78 is 8.20. The van der Waals surface area contributed by atoms with E-state index in [0.717, 1.165) is 59.0 Å². The van der Waals surface area contributed by atoms with Gasteiger partial charge in [0.1, 0.15) is 0 Å². The third-order valence-corrected chi connectivity index (χ3v) is 6.10. The summed E-state index contributed by atoms with van der Waals surface area (Å²) >= 11 is 0. The largest absolute Gasteiger partial charge is 0.378 e. The Labute approximate surface area is 164 Å². The van der Waals surface area contributed by atoms with E-state index >= 15 is 0 Å². The summed E-state index contributed by atoms with van der Waals surface area (Å²) in [7, 11) is 0. The van der Waals surface area contributed by atoms with Crippen LogP contribution in [0.2, 0.25) is 0 Å². The van der Waals surface area contributed by atoms with Gasteiger partial charge in [0.2, 0.25) is 0 Å². The number of rotatable bonds is 3. The Kier molecular flexibility index (Phi) is 5.65. The third kappa shape index (κ3) is 4.80. The van der Waals surface area contributed by atoms with Crippen LogP contribution in [0.3, 0.4) is 0 Å². The average Bonchev–Trinajstić information content (AvgIpc) is 2.69. The molecule has 4 heteroatoms. The van der Waals surface area contributed by atoms with Crippen molar-refractivity contribution in [1.29, 1.82) is 0 Å². The molecular formula is C23H34N3O+. The van der Waals surface area contributed by atoms with Crippen LogP contribution in [0.15, 0.2) is 42.1 Å². The van der Waals surface area contributed by atoms with Gasteiger partial charge in [-0.2, -0.15) is 0 Å². The van der Waals surface area contributed by atoms with Gasteiger partial charge in [-0.1, -0.05) is 44.2 Å². The number of benzene rings is 1. The van der Waals surface area contributed by atoms with Crippen LogP contribution in [-0.4, -0.2) is 72.6 Å². The molecule has 0 amide bonds. The van der Waals surface area contributed by atoms with Gasteiger partial charge in [-0.15, -0.1) is 0 Å². The fraction of sp³-hybridized carbons (Fsp3) is 0.609. The van der Waals surface area contributed by atoms with Crippen LogP contribution in [0.25, 0.3) is 0 Å². The fourth-order valence-corrected chi connectivity index (χ4v) is 4.63. The molecule has 2 aliphatic heterocycles. The zero-order valence-corrected chi connectivity index (χ0v) is 17.0. The van der Waals surface area contributed by atoms with E-state index in [0.29, 0.717) is 5.41 Å². The van der Waals surface area contributed by atoms with Gasteiger partial charge in [-0.3, -0.25) is 4.90 Å². The highest BCUT2D eigenvalue weighted by Crippen LogP contribution is 2.35. The number of morpholine rings is 1. The second-order valence-electron chi connectivity index (χ2n) is 8.99. The summed E-state index contributed by atoms with van der Waals surface area (Å²) in [5.41, 5.74) is 4.84. The highest BCUT2D eigenvalue weighted by Gasteiger charge is 2.34. The lowest BCUT2D eigenvalue weighted by Gasteiger charge is -2.38. The van der Waals surface area contributed by atoms with E-state index < -0.39 is 0 Å². The molecule has 0 bridgehead atoms. The summed E-state index contributed by atoms with van der Waals surface area (Å²) in [4.78, 5) is 5.14. The minimum atomic E-state index is 0.346. The van der Waals surface area contributed by atoms with Crippen molar-refractivity contribution in [1.82, 2.24) is 9.80 Å². The minimum Gasteiger partial charge on any atom is -0.378 e. The van der Waals surface area contributed by atoms with Crippen molar-refractivity contribution in [3.63, 3.8) is 0 Å². The fourth-order valence-electron chi connectivity index (χ4n) is 4.63. The van der Waals surface area contributed by atoms with Crippen molar-refractivity contribution in [2.24, 2.45) is 5.41 Å². The van der Waals surface area contributed by atoms with Crippen LogP contribution < -0.4 is 0 Å². The molecule has 0 radical (unpaired) electrons. The zero-order chi connectivity index (χ0) is 18.7. The molecule has 0 spiro atoms. The first-order chi connectivity index (χ1) is 13.1. The molecule has 1 aromatic carbocycles. The molecular weight excluding hydrogens is 334 g/mol. The molecule has 2 heterocycles. The predicted octanol–water partition coefficient (Wildman–Crippen LogP) is 2.99. The van der Waals surface area contributed by atoms with Crippen LogP contribution >= 0.6 is 0 Å². The first-order valence-electron chi connectivity index (χ1n) is 10.5. The van der Waals surface area contributed by atoms with Crippen molar-refractivity contribution in [3.05, 3.63) is 47.7 Å². The molecule has 4 nitrogen and oxygen atoms in total. The smallest absolute Gasteiger partial charge is 0.178 e. The minimum absolute atomic E-state index is 0.346. The Morgan fingerprint density at radius 1 is 0.963 bits per heavy atom. The molecule has 2 fully saturated rings. The summed E-state index contributed by atoms with van der Waals surface area (Å²) in [6.07, 6.45) is 4.88. The Morgan fingerprint density at radius 3 is 2.37 bits per heavy atom. The summed E-state index contributed by atoms with van der Waals surface area (Å²) in [5.74, 6) is 0. The molecule has 1 aromatic rings. The number of nitrogens with zero attached hydrogens (tertiary/aromatic N) is 3. The maximum Gasteiger partial charge on any atom is 0.178 e. The maximum atomic E-state index is 5.55. The molecule has 2 saturated heterocycles. The lowest BCUT2D eigenvalue weighted by Crippen LogP contribution is -2.45. The van der Waals surface area contributed by atoms with E-state index in [1.165, 1.54) is 24.1 Å². The topological polar surface area (TPSA) is 18.7 Å². The SMILES string of the molecule is CC1(C)CC(N2CCOCC2)=CC(=[N+]2CCN(Cc3ccccc3)CC2)C1. The Bertz CT molecular complexity index is 692. The molecule has 0 aromatic heterocycles. The van der Waals surface area contributed by atoms with Crippen molar-refractivity contribution < 1.29 is 9.31 Å². The number of piperazine rings is 1. The monoisotopic (exact) mass is 368 g/mol. The maximum absolute atomic E-state index is 5.55. The normalized spacial score (nSPS) is 24.1. The van der Waals surface area contributed by atoms with E-state index in [9.17, 15) is 0 Å². The van der Waals surface area contributed by atoms with Gasteiger partial charge in [0.05, 0.1) is 26.3 Å². The lowest BCUT2D eigenvalue weighted by atomic mass is 9.78. The van der Waals surface area contributed by atoms with E-state index in [1.807, 2.05) is 0 Å². The van der Waals surface area contributed by atoms with Gasteiger partial charge in [0.15, 0.2) is 18.8 Å². The number of hydrogen-bond donors (Lipinski definition) is 0. The number of hydrogen-bond acceptors (Lipinski definition) is 3. The standard InChI is InChI=1S/C23H34N3O/c1-23(2)17-21(16-22(18-23)26-12-14-27-15-13-26)25-10-8-24(9-11-25)19-20-6-4-3-5-7-20/h3-7,16H,8-15,17-19H2,1-2H3/q+1. The highest BCUT2D eigenvalue weighted by molar-refractivity contribution is 5.92. The molecule has 0 unspecified atom stereocenters. The van der Waals surface area contributed by atoms with Gasteiger partial charge in [-0.25, -0.2) is 4.58 Å².